The van der Waals surface area contributed by atoms with E-state index in [9.17, 15) is 4.79 Å². The molecule has 0 aliphatic carbocycles. The van der Waals surface area contributed by atoms with Gasteiger partial charge in [0.25, 0.3) is 5.91 Å². The van der Waals surface area contributed by atoms with Crippen LogP contribution < -0.4 is 11.1 Å². The number of rotatable bonds is 4. The van der Waals surface area contributed by atoms with Crippen LogP contribution in [0, 0.1) is 5.41 Å². The van der Waals surface area contributed by atoms with Gasteiger partial charge in [-0.15, -0.1) is 0 Å². The Morgan fingerprint density at radius 3 is 2.65 bits per heavy atom. The minimum Gasteiger partial charge on any atom is -0.347 e. The van der Waals surface area contributed by atoms with E-state index in [0.717, 1.165) is 6.42 Å². The van der Waals surface area contributed by atoms with Crippen LogP contribution in [0.3, 0.4) is 0 Å². The Balaban J connectivity index is 2.75. The second-order valence-corrected chi connectivity index (χ2v) is 5.31. The normalized spacial score (nSPS) is 13.5. The first kappa shape index (κ1) is 13.7. The summed E-state index contributed by atoms with van der Waals surface area (Å²) in [5.41, 5.74) is 6.14. The fourth-order valence-corrected chi connectivity index (χ4v) is 1.72. The number of nitrogens with one attached hydrogen (secondary N) is 1. The van der Waals surface area contributed by atoms with Gasteiger partial charge in [-0.1, -0.05) is 20.8 Å². The Morgan fingerprint density at radius 1 is 1.59 bits per heavy atom. The molecule has 3 N–H and O–H groups in total. The number of aromatic nitrogens is 2. The van der Waals surface area contributed by atoms with Gasteiger partial charge in [0.2, 0.25) is 0 Å². The zero-order chi connectivity index (χ0) is 13.1. The summed E-state index contributed by atoms with van der Waals surface area (Å²) in [6.45, 7) is 6.85. The molecule has 0 aliphatic rings. The molecule has 1 amide bonds. The first-order valence-electron chi connectivity index (χ1n) is 5.85. The van der Waals surface area contributed by atoms with Crippen LogP contribution in [0.2, 0.25) is 0 Å². The van der Waals surface area contributed by atoms with Gasteiger partial charge in [0.1, 0.15) is 5.69 Å². The van der Waals surface area contributed by atoms with Crippen LogP contribution >= 0.6 is 0 Å². The third-order valence-electron chi connectivity index (χ3n) is 2.86. The fraction of sp³-hybridized carbons (Fsp3) is 0.667. The van der Waals surface area contributed by atoms with E-state index in [1.165, 1.54) is 0 Å². The second-order valence-electron chi connectivity index (χ2n) is 5.31. The molecule has 1 rings (SSSR count). The van der Waals surface area contributed by atoms with Gasteiger partial charge in [-0.2, -0.15) is 5.10 Å². The highest BCUT2D eigenvalue weighted by Gasteiger charge is 2.26. The van der Waals surface area contributed by atoms with E-state index in [1.54, 1.807) is 24.0 Å². The van der Waals surface area contributed by atoms with Crippen molar-refractivity contribution in [2.45, 2.75) is 33.2 Å². The molecule has 0 aliphatic heterocycles. The van der Waals surface area contributed by atoms with Crippen molar-refractivity contribution in [2.24, 2.45) is 18.2 Å². The molecule has 0 saturated heterocycles. The number of aryl methyl sites for hydroxylation is 1. The Kier molecular flexibility index (Phi) is 4.28. The fourth-order valence-electron chi connectivity index (χ4n) is 1.72. The van der Waals surface area contributed by atoms with Crippen molar-refractivity contribution in [1.82, 2.24) is 15.1 Å². The van der Waals surface area contributed by atoms with Gasteiger partial charge in [0.05, 0.1) is 0 Å². The molecule has 0 fully saturated rings. The Labute approximate surface area is 102 Å². The third-order valence-corrected chi connectivity index (χ3v) is 2.86. The van der Waals surface area contributed by atoms with Gasteiger partial charge >= 0.3 is 0 Å². The highest BCUT2D eigenvalue weighted by atomic mass is 16.2. The molecular formula is C12H22N4O. The number of nitrogens with two attached hydrogens (primary N) is 1. The average Bonchev–Trinajstić information content (AvgIpc) is 2.62. The van der Waals surface area contributed by atoms with Crippen LogP contribution in [-0.2, 0) is 7.05 Å². The van der Waals surface area contributed by atoms with Gasteiger partial charge < -0.3 is 11.1 Å². The summed E-state index contributed by atoms with van der Waals surface area (Å²) in [6, 6.07) is 1.77. The van der Waals surface area contributed by atoms with E-state index in [0.29, 0.717) is 12.2 Å². The van der Waals surface area contributed by atoms with Crippen LogP contribution in [0.15, 0.2) is 12.3 Å². The summed E-state index contributed by atoms with van der Waals surface area (Å²) in [6.07, 6.45) is 2.39. The van der Waals surface area contributed by atoms with E-state index < -0.39 is 0 Å². The number of amides is 1. The zero-order valence-corrected chi connectivity index (χ0v) is 11.0. The lowest BCUT2D eigenvalue weighted by molar-refractivity contribution is 0.0889. The van der Waals surface area contributed by atoms with Crippen molar-refractivity contribution in [3.63, 3.8) is 0 Å². The summed E-state index contributed by atoms with van der Waals surface area (Å²) in [7, 11) is 1.75. The highest BCUT2D eigenvalue weighted by Crippen LogP contribution is 2.21. The quantitative estimate of drug-likeness (QED) is 0.819. The van der Waals surface area contributed by atoms with Crippen molar-refractivity contribution in [3.8, 4) is 0 Å². The Morgan fingerprint density at radius 2 is 2.24 bits per heavy atom. The van der Waals surface area contributed by atoms with Crippen LogP contribution in [0.25, 0.3) is 0 Å². The summed E-state index contributed by atoms with van der Waals surface area (Å²) >= 11 is 0. The predicted molar refractivity (Wildman–Crippen MR) is 67.6 cm³/mol. The van der Waals surface area contributed by atoms with Gasteiger partial charge in [0.15, 0.2) is 0 Å². The molecular weight excluding hydrogens is 216 g/mol. The number of hydrogen-bond donors (Lipinski definition) is 2. The van der Waals surface area contributed by atoms with E-state index >= 15 is 0 Å². The SMILES string of the molecule is Cn1nccc1C(=O)NC(CCN)C(C)(C)C. The molecule has 0 spiro atoms. The van der Waals surface area contributed by atoms with E-state index in [2.05, 4.69) is 31.2 Å². The molecule has 1 atom stereocenters. The van der Waals surface area contributed by atoms with Crippen LogP contribution in [0.5, 0.6) is 0 Å². The Bertz CT molecular complexity index is 378. The molecule has 0 aromatic carbocycles. The molecule has 0 radical (unpaired) electrons. The van der Waals surface area contributed by atoms with Crippen LogP contribution in [0.1, 0.15) is 37.7 Å². The first-order chi connectivity index (χ1) is 7.86. The van der Waals surface area contributed by atoms with Crippen molar-refractivity contribution >= 4 is 5.91 Å². The number of carbonyl (C=O) groups excluding carboxylic acids is 1. The first-order valence-corrected chi connectivity index (χ1v) is 5.85. The monoisotopic (exact) mass is 238 g/mol. The molecule has 1 unspecified atom stereocenters. The van der Waals surface area contributed by atoms with Crippen molar-refractivity contribution in [2.75, 3.05) is 6.54 Å². The maximum atomic E-state index is 12.0. The molecule has 0 saturated carbocycles. The van der Waals surface area contributed by atoms with Gasteiger partial charge in [-0.25, -0.2) is 0 Å². The maximum absolute atomic E-state index is 12.0. The van der Waals surface area contributed by atoms with Crippen molar-refractivity contribution < 1.29 is 4.79 Å². The average molecular weight is 238 g/mol. The molecule has 1 heterocycles. The van der Waals surface area contributed by atoms with E-state index in [1.807, 2.05) is 0 Å². The second kappa shape index (κ2) is 5.31. The lowest BCUT2D eigenvalue weighted by atomic mass is 9.84. The minimum absolute atomic E-state index is 0.00633. The lowest BCUT2D eigenvalue weighted by Gasteiger charge is -2.31. The molecule has 96 valence electrons. The predicted octanol–water partition coefficient (Wildman–Crippen LogP) is 0.913. The molecule has 17 heavy (non-hydrogen) atoms. The number of nitrogens with zero attached hydrogens (tertiary/aromatic N) is 2. The van der Waals surface area contributed by atoms with Gasteiger partial charge in [-0.05, 0) is 24.4 Å². The highest BCUT2D eigenvalue weighted by molar-refractivity contribution is 5.92. The number of hydrogen-bond acceptors (Lipinski definition) is 3. The van der Waals surface area contributed by atoms with Crippen LogP contribution in [0.4, 0.5) is 0 Å². The van der Waals surface area contributed by atoms with E-state index in [4.69, 9.17) is 5.73 Å². The lowest BCUT2D eigenvalue weighted by Crippen LogP contribution is -2.45. The van der Waals surface area contributed by atoms with Crippen molar-refractivity contribution in [3.05, 3.63) is 18.0 Å². The molecule has 5 nitrogen and oxygen atoms in total. The molecule has 5 heteroatoms. The van der Waals surface area contributed by atoms with E-state index in [-0.39, 0.29) is 17.4 Å². The zero-order valence-electron chi connectivity index (χ0n) is 11.0. The summed E-state index contributed by atoms with van der Waals surface area (Å²) in [4.78, 5) is 12.0. The topological polar surface area (TPSA) is 72.9 Å². The molecule has 1 aromatic rings. The van der Waals surface area contributed by atoms with Crippen LogP contribution in [-0.4, -0.2) is 28.3 Å². The minimum atomic E-state index is -0.0987. The largest absolute Gasteiger partial charge is 0.347 e. The Hall–Kier alpha value is -1.36. The van der Waals surface area contributed by atoms with Crippen molar-refractivity contribution in [1.29, 1.82) is 0 Å². The summed E-state index contributed by atoms with van der Waals surface area (Å²) < 4.78 is 1.57. The summed E-state index contributed by atoms with van der Waals surface area (Å²) in [5, 5.41) is 7.01. The third kappa shape index (κ3) is 3.56. The number of carbonyl (C=O) groups is 1. The smallest absolute Gasteiger partial charge is 0.269 e. The maximum Gasteiger partial charge on any atom is 0.269 e. The molecule has 1 aromatic heterocycles. The van der Waals surface area contributed by atoms with Gasteiger partial charge in [-0.3, -0.25) is 9.48 Å². The molecule has 0 bridgehead atoms. The summed E-state index contributed by atoms with van der Waals surface area (Å²) in [5.74, 6) is -0.0987. The van der Waals surface area contributed by atoms with Gasteiger partial charge in [0, 0.05) is 19.3 Å². The standard InChI is InChI=1S/C12H22N4O/c1-12(2,3)10(5-7-13)15-11(17)9-6-8-14-16(9)4/h6,8,10H,5,7,13H2,1-4H3,(H,15,17).